The van der Waals surface area contributed by atoms with E-state index in [-0.39, 0.29) is 19.0 Å². The van der Waals surface area contributed by atoms with Gasteiger partial charge in [0, 0.05) is 24.2 Å². The third kappa shape index (κ3) is 2.53. The predicted octanol–water partition coefficient (Wildman–Crippen LogP) is -0.317. The summed E-state index contributed by atoms with van der Waals surface area (Å²) in [6.07, 6.45) is 0.0410. The minimum absolute atomic E-state index is 0.0790. The SMILES string of the molecule is CS(=O)(=O)NCCN1C(=O)c2ccccc2C1O. The molecule has 0 aromatic heterocycles. The second-order valence-corrected chi connectivity index (χ2v) is 5.96. The number of aliphatic hydroxyl groups excluding tert-OH is 1. The highest BCUT2D eigenvalue weighted by Crippen LogP contribution is 2.30. The van der Waals surface area contributed by atoms with E-state index in [1.807, 2.05) is 0 Å². The van der Waals surface area contributed by atoms with E-state index in [4.69, 9.17) is 0 Å². The molecule has 0 bridgehead atoms. The molecule has 98 valence electrons. The molecule has 18 heavy (non-hydrogen) atoms. The van der Waals surface area contributed by atoms with Gasteiger partial charge in [0.25, 0.3) is 5.91 Å². The first-order valence-corrected chi connectivity index (χ1v) is 7.32. The number of hydrogen-bond donors (Lipinski definition) is 2. The first-order chi connectivity index (χ1) is 8.40. The number of hydrogen-bond acceptors (Lipinski definition) is 4. The van der Waals surface area contributed by atoms with Crippen molar-refractivity contribution in [3.8, 4) is 0 Å². The molecule has 2 rings (SSSR count). The molecule has 1 aliphatic heterocycles. The van der Waals surface area contributed by atoms with E-state index < -0.39 is 16.3 Å². The Kier molecular flexibility index (Phi) is 3.38. The fraction of sp³-hybridized carbons (Fsp3) is 0.364. The molecule has 0 fully saturated rings. The molecule has 1 aromatic rings. The van der Waals surface area contributed by atoms with Crippen molar-refractivity contribution in [3.05, 3.63) is 35.4 Å². The van der Waals surface area contributed by atoms with Crippen LogP contribution < -0.4 is 4.72 Å². The van der Waals surface area contributed by atoms with Crippen LogP contribution in [0.1, 0.15) is 22.1 Å². The monoisotopic (exact) mass is 270 g/mol. The molecule has 6 nitrogen and oxygen atoms in total. The minimum atomic E-state index is -3.29. The molecule has 1 aliphatic rings. The van der Waals surface area contributed by atoms with Crippen LogP contribution in [-0.4, -0.2) is 43.7 Å². The lowest BCUT2D eigenvalue weighted by Crippen LogP contribution is -2.36. The molecule has 1 heterocycles. The molecule has 1 unspecified atom stereocenters. The first kappa shape index (κ1) is 13.0. The number of sulfonamides is 1. The van der Waals surface area contributed by atoms with E-state index >= 15 is 0 Å². The van der Waals surface area contributed by atoms with E-state index in [1.54, 1.807) is 24.3 Å². The van der Waals surface area contributed by atoms with Crippen molar-refractivity contribution in [1.29, 1.82) is 0 Å². The number of rotatable bonds is 4. The van der Waals surface area contributed by atoms with Gasteiger partial charge in [0.15, 0.2) is 6.23 Å². The topological polar surface area (TPSA) is 86.7 Å². The lowest BCUT2D eigenvalue weighted by Gasteiger charge is -2.20. The van der Waals surface area contributed by atoms with Crippen molar-refractivity contribution >= 4 is 15.9 Å². The van der Waals surface area contributed by atoms with Gasteiger partial charge in [0.1, 0.15) is 0 Å². The lowest BCUT2D eigenvalue weighted by atomic mass is 10.1. The van der Waals surface area contributed by atoms with Crippen LogP contribution in [0.3, 0.4) is 0 Å². The number of nitrogens with zero attached hydrogens (tertiary/aromatic N) is 1. The molecule has 1 aromatic carbocycles. The summed E-state index contributed by atoms with van der Waals surface area (Å²) in [7, 11) is -3.29. The summed E-state index contributed by atoms with van der Waals surface area (Å²) < 4.78 is 24.1. The quantitative estimate of drug-likeness (QED) is 0.785. The third-order valence-electron chi connectivity index (χ3n) is 2.74. The Balaban J connectivity index is 2.07. The number of nitrogens with one attached hydrogen (secondary N) is 1. The van der Waals surface area contributed by atoms with Gasteiger partial charge in [-0.25, -0.2) is 13.1 Å². The average Bonchev–Trinajstić information content (AvgIpc) is 2.53. The van der Waals surface area contributed by atoms with Gasteiger partial charge >= 0.3 is 0 Å². The molecule has 0 radical (unpaired) electrons. The standard InChI is InChI=1S/C11H14N2O4S/c1-18(16,17)12-6-7-13-10(14)8-4-2-3-5-9(8)11(13)15/h2-5,10,12,14H,6-7H2,1H3. The highest BCUT2D eigenvalue weighted by Gasteiger charge is 2.34. The molecule has 7 heteroatoms. The van der Waals surface area contributed by atoms with E-state index in [2.05, 4.69) is 4.72 Å². The molecular formula is C11H14N2O4S. The Labute approximate surface area is 105 Å². The Morgan fingerprint density at radius 2 is 2.06 bits per heavy atom. The first-order valence-electron chi connectivity index (χ1n) is 5.43. The van der Waals surface area contributed by atoms with Gasteiger partial charge in [0.2, 0.25) is 10.0 Å². The fourth-order valence-electron chi connectivity index (χ4n) is 1.93. The van der Waals surface area contributed by atoms with Crippen LogP contribution in [0.5, 0.6) is 0 Å². The molecule has 1 amide bonds. The fourth-order valence-corrected chi connectivity index (χ4v) is 2.39. The molecule has 2 N–H and O–H groups in total. The number of amides is 1. The Bertz CT molecular complexity index is 570. The largest absolute Gasteiger partial charge is 0.369 e. The van der Waals surface area contributed by atoms with Crippen molar-refractivity contribution in [2.24, 2.45) is 0 Å². The summed E-state index contributed by atoms with van der Waals surface area (Å²) in [5.41, 5.74) is 1.02. The number of aliphatic hydroxyl groups is 1. The number of fused-ring (bicyclic) bond motifs is 1. The van der Waals surface area contributed by atoms with Crippen molar-refractivity contribution in [2.45, 2.75) is 6.23 Å². The van der Waals surface area contributed by atoms with Crippen LogP contribution in [0.25, 0.3) is 0 Å². The zero-order chi connectivity index (χ0) is 13.3. The Morgan fingerprint density at radius 3 is 2.67 bits per heavy atom. The van der Waals surface area contributed by atoms with Crippen molar-refractivity contribution < 1.29 is 18.3 Å². The molecule has 0 saturated carbocycles. The van der Waals surface area contributed by atoms with Crippen LogP contribution in [0, 0.1) is 0 Å². The summed E-state index contributed by atoms with van der Waals surface area (Å²) in [6.45, 7) is 0.206. The van der Waals surface area contributed by atoms with E-state index in [9.17, 15) is 18.3 Å². The van der Waals surface area contributed by atoms with E-state index in [0.717, 1.165) is 6.26 Å². The lowest BCUT2D eigenvalue weighted by molar-refractivity contribution is 0.0187. The third-order valence-corrected chi connectivity index (χ3v) is 3.47. The van der Waals surface area contributed by atoms with Gasteiger partial charge in [0.05, 0.1) is 6.26 Å². The van der Waals surface area contributed by atoms with Gasteiger partial charge in [-0.3, -0.25) is 4.79 Å². The predicted molar refractivity (Wildman–Crippen MR) is 65.3 cm³/mol. The van der Waals surface area contributed by atoms with Gasteiger partial charge in [-0.15, -0.1) is 0 Å². The van der Waals surface area contributed by atoms with Gasteiger partial charge in [-0.2, -0.15) is 0 Å². The zero-order valence-corrected chi connectivity index (χ0v) is 10.6. The maximum atomic E-state index is 12.0. The van der Waals surface area contributed by atoms with Crippen LogP contribution in [-0.2, 0) is 10.0 Å². The highest BCUT2D eigenvalue weighted by atomic mass is 32.2. The molecule has 0 spiro atoms. The van der Waals surface area contributed by atoms with Crippen LogP contribution in [0.4, 0.5) is 0 Å². The number of benzene rings is 1. The van der Waals surface area contributed by atoms with E-state index in [0.29, 0.717) is 11.1 Å². The van der Waals surface area contributed by atoms with Crippen LogP contribution >= 0.6 is 0 Å². The maximum absolute atomic E-state index is 12.0. The molecular weight excluding hydrogens is 256 g/mol. The Morgan fingerprint density at radius 1 is 1.39 bits per heavy atom. The maximum Gasteiger partial charge on any atom is 0.256 e. The second-order valence-electron chi connectivity index (χ2n) is 4.13. The minimum Gasteiger partial charge on any atom is -0.369 e. The molecule has 1 atom stereocenters. The highest BCUT2D eigenvalue weighted by molar-refractivity contribution is 7.88. The summed E-state index contributed by atoms with van der Waals surface area (Å²) >= 11 is 0. The van der Waals surface area contributed by atoms with Crippen LogP contribution in [0.2, 0.25) is 0 Å². The number of carbonyl (C=O) groups excluding carboxylic acids is 1. The smallest absolute Gasteiger partial charge is 0.256 e. The van der Waals surface area contributed by atoms with Crippen molar-refractivity contribution in [2.75, 3.05) is 19.3 Å². The van der Waals surface area contributed by atoms with Gasteiger partial charge in [-0.1, -0.05) is 18.2 Å². The molecule has 0 aliphatic carbocycles. The summed E-state index contributed by atoms with van der Waals surface area (Å²) in [5.74, 6) is -0.284. The normalized spacial score (nSPS) is 19.1. The summed E-state index contributed by atoms with van der Waals surface area (Å²) in [4.78, 5) is 13.2. The number of carbonyl (C=O) groups is 1. The zero-order valence-electron chi connectivity index (χ0n) is 9.83. The van der Waals surface area contributed by atoms with E-state index in [1.165, 1.54) is 4.90 Å². The van der Waals surface area contributed by atoms with Crippen molar-refractivity contribution in [3.63, 3.8) is 0 Å². The average molecular weight is 270 g/mol. The van der Waals surface area contributed by atoms with Crippen LogP contribution in [0.15, 0.2) is 24.3 Å². The molecule has 0 saturated heterocycles. The van der Waals surface area contributed by atoms with Crippen molar-refractivity contribution in [1.82, 2.24) is 9.62 Å². The van der Waals surface area contributed by atoms with Gasteiger partial charge in [-0.05, 0) is 6.07 Å². The second kappa shape index (κ2) is 4.68. The summed E-state index contributed by atoms with van der Waals surface area (Å²) in [5, 5.41) is 9.97. The summed E-state index contributed by atoms with van der Waals surface area (Å²) in [6, 6.07) is 6.79. The van der Waals surface area contributed by atoms with Gasteiger partial charge < -0.3 is 10.0 Å². The Hall–Kier alpha value is -1.44.